The number of carbonyl (C=O) groups is 2. The maximum absolute atomic E-state index is 12.4. The topological polar surface area (TPSA) is 80.8 Å². The summed E-state index contributed by atoms with van der Waals surface area (Å²) in [6.07, 6.45) is 0.335. The summed E-state index contributed by atoms with van der Waals surface area (Å²) in [5, 5.41) is 0. The van der Waals surface area contributed by atoms with E-state index < -0.39 is 21.8 Å². The number of hydrogen-bond acceptors (Lipinski definition) is 5. The van der Waals surface area contributed by atoms with Crippen LogP contribution < -0.4 is 4.74 Å². The molecular formula is C16H20ClNO5S. The largest absolute Gasteiger partial charge is 0.494 e. The first kappa shape index (κ1) is 18.7. The molecule has 1 fully saturated rings. The Morgan fingerprint density at radius 2 is 1.96 bits per heavy atom. The molecule has 1 saturated heterocycles. The van der Waals surface area contributed by atoms with Gasteiger partial charge in [-0.15, -0.1) is 11.6 Å². The van der Waals surface area contributed by atoms with Crippen molar-refractivity contribution in [3.63, 3.8) is 0 Å². The van der Waals surface area contributed by atoms with Crippen molar-refractivity contribution in [3.05, 3.63) is 29.8 Å². The summed E-state index contributed by atoms with van der Waals surface area (Å²) in [5.74, 6) is -0.413. The molecule has 0 bridgehead atoms. The zero-order chi connectivity index (χ0) is 17.7. The molecule has 1 atom stereocenters. The Bertz CT molecular complexity index is 702. The summed E-state index contributed by atoms with van der Waals surface area (Å²) in [4.78, 5) is 25.8. The molecule has 1 aliphatic heterocycles. The number of rotatable bonds is 7. The van der Waals surface area contributed by atoms with Crippen molar-refractivity contribution in [2.75, 3.05) is 30.5 Å². The second kappa shape index (κ2) is 7.98. The minimum Gasteiger partial charge on any atom is -0.494 e. The molecule has 2 rings (SSSR count). The Balaban J connectivity index is 2.11. The third-order valence-corrected chi connectivity index (χ3v) is 5.86. The zero-order valence-electron chi connectivity index (χ0n) is 13.4. The van der Waals surface area contributed by atoms with Crippen LogP contribution in [0, 0.1) is 0 Å². The number of hydrogen-bond donors (Lipinski definition) is 0. The summed E-state index contributed by atoms with van der Waals surface area (Å²) in [6.45, 7) is 2.21. The number of ether oxygens (including phenoxy) is 1. The minimum atomic E-state index is -3.16. The normalized spacial score (nSPS) is 19.0. The lowest BCUT2D eigenvalue weighted by Gasteiger charge is -2.27. The Kier molecular flexibility index (Phi) is 6.23. The highest BCUT2D eigenvalue weighted by Gasteiger charge is 2.35. The van der Waals surface area contributed by atoms with Crippen LogP contribution in [0.2, 0.25) is 0 Å². The van der Waals surface area contributed by atoms with Gasteiger partial charge in [-0.05, 0) is 37.6 Å². The van der Waals surface area contributed by atoms with Gasteiger partial charge in [-0.2, -0.15) is 0 Å². The van der Waals surface area contributed by atoms with Gasteiger partial charge in [0.15, 0.2) is 15.6 Å². The molecule has 0 saturated carbocycles. The van der Waals surface area contributed by atoms with Crippen molar-refractivity contribution >= 4 is 33.1 Å². The smallest absolute Gasteiger partial charge is 0.238 e. The molecule has 6 nitrogen and oxygen atoms in total. The molecule has 24 heavy (non-hydrogen) atoms. The molecule has 1 heterocycles. The Morgan fingerprint density at radius 1 is 1.29 bits per heavy atom. The van der Waals surface area contributed by atoms with Crippen molar-refractivity contribution in [3.8, 4) is 5.75 Å². The maximum atomic E-state index is 12.4. The van der Waals surface area contributed by atoms with Gasteiger partial charge in [-0.1, -0.05) is 0 Å². The molecule has 0 N–H and O–H groups in total. The molecule has 0 aromatic heterocycles. The van der Waals surface area contributed by atoms with E-state index in [0.29, 0.717) is 24.3 Å². The standard InChI is InChI=1S/C16H20ClNO5S/c1-2-23-14-5-3-12(4-6-14)15(19)10-18(16(20)9-17)13-7-8-24(21,22)11-13/h3-6,13H,2,7-11H2,1H3. The number of benzene rings is 1. The van der Waals surface area contributed by atoms with Gasteiger partial charge in [-0.3, -0.25) is 9.59 Å². The number of ketones is 1. The van der Waals surface area contributed by atoms with Crippen LogP contribution in [0.3, 0.4) is 0 Å². The van der Waals surface area contributed by atoms with Crippen LogP contribution in [0.25, 0.3) is 0 Å². The maximum Gasteiger partial charge on any atom is 0.238 e. The van der Waals surface area contributed by atoms with Crippen LogP contribution in [0.5, 0.6) is 5.75 Å². The molecule has 1 amide bonds. The van der Waals surface area contributed by atoms with Gasteiger partial charge >= 0.3 is 0 Å². The lowest BCUT2D eigenvalue weighted by molar-refractivity contribution is -0.129. The fourth-order valence-corrected chi connectivity index (χ4v) is 4.55. The summed E-state index contributed by atoms with van der Waals surface area (Å²) in [7, 11) is -3.16. The number of alkyl halides is 1. The van der Waals surface area contributed by atoms with Gasteiger partial charge in [0.2, 0.25) is 5.91 Å². The van der Waals surface area contributed by atoms with E-state index in [1.807, 2.05) is 6.92 Å². The van der Waals surface area contributed by atoms with Gasteiger partial charge in [0.1, 0.15) is 11.6 Å². The molecule has 8 heteroatoms. The first-order chi connectivity index (χ1) is 11.4. The Labute approximate surface area is 146 Å². The number of Topliss-reactive ketones (excluding diaryl/α,β-unsaturated/α-hetero) is 1. The molecule has 1 unspecified atom stereocenters. The van der Waals surface area contributed by atoms with Crippen molar-refractivity contribution < 1.29 is 22.7 Å². The highest BCUT2D eigenvalue weighted by Crippen LogP contribution is 2.19. The Hall–Kier alpha value is -1.60. The molecule has 0 aliphatic carbocycles. The number of halogens is 1. The van der Waals surface area contributed by atoms with Gasteiger partial charge in [0.25, 0.3) is 0 Å². The highest BCUT2D eigenvalue weighted by molar-refractivity contribution is 7.91. The number of carbonyl (C=O) groups excluding carboxylic acids is 2. The van der Waals surface area contributed by atoms with E-state index >= 15 is 0 Å². The predicted octanol–water partition coefficient (Wildman–Crippen LogP) is 1.52. The molecule has 1 aliphatic rings. The fourth-order valence-electron chi connectivity index (χ4n) is 2.67. The van der Waals surface area contributed by atoms with E-state index in [2.05, 4.69) is 0 Å². The molecular weight excluding hydrogens is 354 g/mol. The first-order valence-corrected chi connectivity index (χ1v) is 10.0. The summed E-state index contributed by atoms with van der Waals surface area (Å²) in [6, 6.07) is 6.13. The summed E-state index contributed by atoms with van der Waals surface area (Å²) in [5.41, 5.74) is 0.437. The van der Waals surface area contributed by atoms with E-state index in [0.717, 1.165) is 0 Å². The van der Waals surface area contributed by atoms with Gasteiger partial charge in [-0.25, -0.2) is 8.42 Å². The molecule has 1 aromatic carbocycles. The predicted molar refractivity (Wildman–Crippen MR) is 91.4 cm³/mol. The summed E-state index contributed by atoms with van der Waals surface area (Å²) >= 11 is 5.61. The van der Waals surface area contributed by atoms with E-state index in [1.54, 1.807) is 24.3 Å². The monoisotopic (exact) mass is 373 g/mol. The fraction of sp³-hybridized carbons (Fsp3) is 0.500. The van der Waals surface area contributed by atoms with Crippen LogP contribution in [0.1, 0.15) is 23.7 Å². The van der Waals surface area contributed by atoms with E-state index in [9.17, 15) is 18.0 Å². The van der Waals surface area contributed by atoms with Crippen LogP contribution in [-0.4, -0.2) is 61.6 Å². The quantitative estimate of drug-likeness (QED) is 0.534. The average molecular weight is 374 g/mol. The second-order valence-corrected chi connectivity index (χ2v) is 8.09. The number of sulfone groups is 1. The van der Waals surface area contributed by atoms with Gasteiger partial charge < -0.3 is 9.64 Å². The van der Waals surface area contributed by atoms with Crippen molar-refractivity contribution in [2.45, 2.75) is 19.4 Å². The third-order valence-electron chi connectivity index (χ3n) is 3.89. The first-order valence-electron chi connectivity index (χ1n) is 7.68. The lowest BCUT2D eigenvalue weighted by atomic mass is 10.1. The highest BCUT2D eigenvalue weighted by atomic mass is 35.5. The molecule has 132 valence electrons. The van der Waals surface area contributed by atoms with E-state index in [1.165, 1.54) is 4.90 Å². The van der Waals surface area contributed by atoms with E-state index in [-0.39, 0.29) is 29.7 Å². The second-order valence-electron chi connectivity index (χ2n) is 5.59. The van der Waals surface area contributed by atoms with Crippen molar-refractivity contribution in [1.29, 1.82) is 0 Å². The lowest BCUT2D eigenvalue weighted by Crippen LogP contribution is -2.44. The molecule has 0 radical (unpaired) electrons. The van der Waals surface area contributed by atoms with Crippen molar-refractivity contribution in [1.82, 2.24) is 4.90 Å². The zero-order valence-corrected chi connectivity index (χ0v) is 15.0. The minimum absolute atomic E-state index is 0.0287. The van der Waals surface area contributed by atoms with Crippen molar-refractivity contribution in [2.24, 2.45) is 0 Å². The number of amides is 1. The molecule has 1 aromatic rings. The number of nitrogens with zero attached hydrogens (tertiary/aromatic N) is 1. The van der Waals surface area contributed by atoms with Crippen LogP contribution >= 0.6 is 11.6 Å². The SMILES string of the molecule is CCOc1ccc(C(=O)CN(C(=O)CCl)C2CCS(=O)(=O)C2)cc1. The van der Waals surface area contributed by atoms with Crippen LogP contribution in [0.4, 0.5) is 0 Å². The van der Waals surface area contributed by atoms with Gasteiger partial charge in [0, 0.05) is 11.6 Å². The van der Waals surface area contributed by atoms with Gasteiger partial charge in [0.05, 0.1) is 24.7 Å². The summed E-state index contributed by atoms with van der Waals surface area (Å²) < 4.78 is 28.6. The van der Waals surface area contributed by atoms with Crippen LogP contribution in [0.15, 0.2) is 24.3 Å². The molecule has 0 spiro atoms. The van der Waals surface area contributed by atoms with E-state index in [4.69, 9.17) is 16.3 Å². The van der Waals surface area contributed by atoms with Crippen LogP contribution in [-0.2, 0) is 14.6 Å². The average Bonchev–Trinajstić information content (AvgIpc) is 2.92. The Morgan fingerprint density at radius 3 is 2.46 bits per heavy atom. The third kappa shape index (κ3) is 4.70.